The normalized spacial score (nSPS) is 10.6. The first-order chi connectivity index (χ1) is 12.0. The summed E-state index contributed by atoms with van der Waals surface area (Å²) in [5.74, 6) is -0.381. The molecule has 7 heteroatoms. The summed E-state index contributed by atoms with van der Waals surface area (Å²) in [6.07, 6.45) is 0. The van der Waals surface area contributed by atoms with E-state index in [0.717, 1.165) is 20.3 Å². The fourth-order valence-electron chi connectivity index (χ4n) is 2.29. The number of thioether (sulfide) groups is 1. The van der Waals surface area contributed by atoms with Gasteiger partial charge in [0.2, 0.25) is 5.91 Å². The van der Waals surface area contributed by atoms with Crippen LogP contribution in [-0.4, -0.2) is 17.6 Å². The lowest BCUT2D eigenvalue weighted by Gasteiger charge is -2.06. The second-order valence-corrected chi connectivity index (χ2v) is 7.26. The van der Waals surface area contributed by atoms with Crippen LogP contribution in [0, 0.1) is 6.92 Å². The first-order valence-corrected chi connectivity index (χ1v) is 9.28. The number of rotatable bonds is 4. The minimum atomic E-state index is -0.476. The second kappa shape index (κ2) is 7.76. The third-order valence-electron chi connectivity index (χ3n) is 3.55. The van der Waals surface area contributed by atoms with Crippen molar-refractivity contribution in [2.45, 2.75) is 11.8 Å². The number of amides is 2. The summed E-state index contributed by atoms with van der Waals surface area (Å²) in [6.45, 7) is 1.81. The molecule has 0 saturated heterocycles. The van der Waals surface area contributed by atoms with Crippen LogP contribution in [0.15, 0.2) is 62.3 Å². The zero-order chi connectivity index (χ0) is 17.8. The number of hydrogen-bond acceptors (Lipinski definition) is 4. The number of aryl methyl sites for hydroxylation is 1. The number of para-hydroxylation sites is 1. The molecule has 0 spiro atoms. The molecule has 1 aromatic heterocycles. The maximum Gasteiger partial charge on any atom is 0.305 e. The molecular weight excluding hydrogens is 404 g/mol. The summed E-state index contributed by atoms with van der Waals surface area (Å²) in [6, 6.07) is 15.1. The van der Waals surface area contributed by atoms with E-state index in [2.05, 4.69) is 26.8 Å². The van der Waals surface area contributed by atoms with Crippen LogP contribution in [-0.2, 0) is 4.79 Å². The molecule has 0 unspecified atom stereocenters. The van der Waals surface area contributed by atoms with Gasteiger partial charge in [0.15, 0.2) is 5.76 Å². The van der Waals surface area contributed by atoms with Gasteiger partial charge in [-0.3, -0.25) is 20.4 Å². The van der Waals surface area contributed by atoms with Crippen LogP contribution in [0.2, 0.25) is 0 Å². The molecule has 0 fully saturated rings. The third kappa shape index (κ3) is 4.24. The Hall–Kier alpha value is -2.25. The van der Waals surface area contributed by atoms with E-state index in [1.807, 2.05) is 49.4 Å². The Morgan fingerprint density at radius 2 is 1.80 bits per heavy atom. The Labute approximate surface area is 157 Å². The van der Waals surface area contributed by atoms with Crippen molar-refractivity contribution in [2.24, 2.45) is 0 Å². The zero-order valence-corrected chi connectivity index (χ0v) is 15.7. The van der Waals surface area contributed by atoms with E-state index in [1.54, 1.807) is 6.07 Å². The molecule has 0 aliphatic rings. The average Bonchev–Trinajstić information content (AvgIpc) is 2.96. The van der Waals surface area contributed by atoms with Crippen LogP contribution < -0.4 is 10.9 Å². The highest BCUT2D eigenvalue weighted by atomic mass is 79.9. The van der Waals surface area contributed by atoms with Crippen LogP contribution in [0.4, 0.5) is 0 Å². The molecular formula is C18H15BrN2O3S. The van der Waals surface area contributed by atoms with Crippen LogP contribution in [0.1, 0.15) is 16.1 Å². The van der Waals surface area contributed by atoms with Gasteiger partial charge in [-0.05, 0) is 37.3 Å². The van der Waals surface area contributed by atoms with Gasteiger partial charge in [-0.2, -0.15) is 0 Å². The predicted molar refractivity (Wildman–Crippen MR) is 101 cm³/mol. The summed E-state index contributed by atoms with van der Waals surface area (Å²) in [5.41, 5.74) is 6.18. The highest BCUT2D eigenvalue weighted by Gasteiger charge is 2.17. The molecule has 0 radical (unpaired) electrons. The Balaban J connectivity index is 1.55. The molecule has 3 aromatic rings. The molecule has 5 nitrogen and oxygen atoms in total. The Morgan fingerprint density at radius 1 is 1.08 bits per heavy atom. The molecule has 2 amide bonds. The van der Waals surface area contributed by atoms with Gasteiger partial charge in [0.1, 0.15) is 5.58 Å². The second-order valence-electron chi connectivity index (χ2n) is 5.30. The van der Waals surface area contributed by atoms with Crippen molar-refractivity contribution in [3.8, 4) is 0 Å². The Morgan fingerprint density at radius 3 is 2.52 bits per heavy atom. The largest absolute Gasteiger partial charge is 0.451 e. The minimum absolute atomic E-state index is 0.195. The third-order valence-corrected chi connectivity index (χ3v) is 5.09. The molecule has 0 aliphatic carbocycles. The number of halogens is 1. The van der Waals surface area contributed by atoms with Crippen LogP contribution in [0.5, 0.6) is 0 Å². The summed E-state index contributed by atoms with van der Waals surface area (Å²) >= 11 is 4.75. The van der Waals surface area contributed by atoms with Gasteiger partial charge < -0.3 is 4.42 Å². The molecule has 2 aromatic carbocycles. The highest BCUT2D eigenvalue weighted by Crippen LogP contribution is 2.24. The number of furan rings is 1. The number of hydrogen-bond donors (Lipinski definition) is 2. The number of fused-ring (bicyclic) bond motifs is 1. The lowest BCUT2D eigenvalue weighted by molar-refractivity contribution is -0.119. The lowest BCUT2D eigenvalue weighted by Crippen LogP contribution is -2.42. The van der Waals surface area contributed by atoms with Gasteiger partial charge in [0.05, 0.1) is 5.75 Å². The zero-order valence-electron chi connectivity index (χ0n) is 13.3. The van der Waals surface area contributed by atoms with E-state index in [0.29, 0.717) is 5.58 Å². The smallest absolute Gasteiger partial charge is 0.305 e. The molecule has 3 rings (SSSR count). The van der Waals surface area contributed by atoms with Crippen molar-refractivity contribution < 1.29 is 14.0 Å². The fourth-order valence-corrected chi connectivity index (χ4v) is 3.25. The molecule has 1 heterocycles. The topological polar surface area (TPSA) is 71.3 Å². The molecule has 25 heavy (non-hydrogen) atoms. The van der Waals surface area contributed by atoms with Crippen molar-refractivity contribution in [1.29, 1.82) is 0 Å². The molecule has 0 bridgehead atoms. The monoisotopic (exact) mass is 418 g/mol. The minimum Gasteiger partial charge on any atom is -0.451 e. The lowest BCUT2D eigenvalue weighted by atomic mass is 10.1. The van der Waals surface area contributed by atoms with Gasteiger partial charge in [0, 0.05) is 20.3 Å². The standard InChI is InChI=1S/C18H15BrN2O3S/c1-11-14-4-2-3-5-15(14)24-17(11)18(23)21-20-16(22)10-25-13-8-6-12(19)7-9-13/h2-9H,10H2,1H3,(H,20,22)(H,21,23). The maximum absolute atomic E-state index is 12.2. The summed E-state index contributed by atoms with van der Waals surface area (Å²) in [5, 5.41) is 0.879. The van der Waals surface area contributed by atoms with Crippen molar-refractivity contribution in [3.63, 3.8) is 0 Å². The average molecular weight is 419 g/mol. The maximum atomic E-state index is 12.2. The van der Waals surface area contributed by atoms with Crippen molar-refractivity contribution >= 4 is 50.5 Å². The van der Waals surface area contributed by atoms with Gasteiger partial charge >= 0.3 is 5.91 Å². The number of carbonyl (C=O) groups is 2. The quantitative estimate of drug-likeness (QED) is 0.494. The van der Waals surface area contributed by atoms with E-state index in [4.69, 9.17) is 4.42 Å². The molecule has 0 aliphatic heterocycles. The van der Waals surface area contributed by atoms with Crippen LogP contribution in [0.3, 0.4) is 0 Å². The predicted octanol–water partition coefficient (Wildman–Crippen LogP) is 4.06. The van der Waals surface area contributed by atoms with Gasteiger partial charge in [-0.1, -0.05) is 34.1 Å². The number of nitrogens with one attached hydrogen (secondary N) is 2. The molecule has 0 saturated carbocycles. The molecule has 128 valence electrons. The SMILES string of the molecule is Cc1c(C(=O)NNC(=O)CSc2ccc(Br)cc2)oc2ccccc12. The van der Waals surface area contributed by atoms with E-state index in [1.165, 1.54) is 11.8 Å². The fraction of sp³-hybridized carbons (Fsp3) is 0.111. The van der Waals surface area contributed by atoms with Crippen molar-refractivity contribution in [2.75, 3.05) is 5.75 Å². The van der Waals surface area contributed by atoms with E-state index in [-0.39, 0.29) is 17.4 Å². The van der Waals surface area contributed by atoms with Gasteiger partial charge in [0.25, 0.3) is 0 Å². The first kappa shape index (κ1) is 17.6. The van der Waals surface area contributed by atoms with Crippen molar-refractivity contribution in [3.05, 3.63) is 64.3 Å². The Kier molecular flexibility index (Phi) is 5.45. The molecule has 0 atom stereocenters. The van der Waals surface area contributed by atoms with E-state index >= 15 is 0 Å². The van der Waals surface area contributed by atoms with E-state index in [9.17, 15) is 9.59 Å². The first-order valence-electron chi connectivity index (χ1n) is 7.50. The van der Waals surface area contributed by atoms with Gasteiger partial charge in [-0.25, -0.2) is 0 Å². The van der Waals surface area contributed by atoms with Crippen LogP contribution >= 0.6 is 27.7 Å². The summed E-state index contributed by atoms with van der Waals surface area (Å²) in [4.78, 5) is 25.1. The van der Waals surface area contributed by atoms with Crippen LogP contribution in [0.25, 0.3) is 11.0 Å². The highest BCUT2D eigenvalue weighted by molar-refractivity contribution is 9.10. The number of carbonyl (C=O) groups excluding carboxylic acids is 2. The number of hydrazine groups is 1. The Bertz CT molecular complexity index is 922. The van der Waals surface area contributed by atoms with E-state index < -0.39 is 5.91 Å². The summed E-state index contributed by atoms with van der Waals surface area (Å²) < 4.78 is 6.54. The molecule has 2 N–H and O–H groups in total. The van der Waals surface area contributed by atoms with Crippen molar-refractivity contribution in [1.82, 2.24) is 10.9 Å². The van der Waals surface area contributed by atoms with Gasteiger partial charge in [-0.15, -0.1) is 11.8 Å². The summed E-state index contributed by atoms with van der Waals surface area (Å²) in [7, 11) is 0. The number of benzene rings is 2.